The van der Waals surface area contributed by atoms with Crippen LogP contribution in [0.4, 0.5) is 11.4 Å². The van der Waals surface area contributed by atoms with Gasteiger partial charge in [0.05, 0.1) is 27.9 Å². The minimum Gasteiger partial charge on any atom is -0.495 e. The summed E-state index contributed by atoms with van der Waals surface area (Å²) < 4.78 is 5.18. The summed E-state index contributed by atoms with van der Waals surface area (Å²) >= 11 is 19.9. The van der Waals surface area contributed by atoms with Crippen molar-refractivity contribution in [3.05, 3.63) is 92.4 Å². The lowest BCUT2D eigenvalue weighted by molar-refractivity contribution is -0.120. The molecule has 9 heteroatoms. The summed E-state index contributed by atoms with van der Waals surface area (Å²) in [4.78, 5) is 28.8. The van der Waals surface area contributed by atoms with Crippen molar-refractivity contribution in [2.24, 2.45) is 0 Å². The Hall–Kier alpha value is -2.64. The zero-order valence-corrected chi connectivity index (χ0v) is 19.6. The molecule has 0 bridgehead atoms. The summed E-state index contributed by atoms with van der Waals surface area (Å²) in [5.41, 5.74) is 0.850. The Kier molecular flexibility index (Phi) is 6.67. The molecule has 32 heavy (non-hydrogen) atoms. The number of imide groups is 1. The van der Waals surface area contributed by atoms with Crippen molar-refractivity contribution < 1.29 is 14.3 Å². The Morgan fingerprint density at radius 1 is 0.875 bits per heavy atom. The number of benzene rings is 3. The van der Waals surface area contributed by atoms with Gasteiger partial charge in [0.25, 0.3) is 11.8 Å². The number of ether oxygens (including phenoxy) is 1. The summed E-state index contributed by atoms with van der Waals surface area (Å²) in [5, 5.41) is 3.77. The van der Waals surface area contributed by atoms with Gasteiger partial charge in [0.15, 0.2) is 0 Å². The molecule has 0 saturated carbocycles. The van der Waals surface area contributed by atoms with Crippen LogP contribution in [0.25, 0.3) is 0 Å². The molecule has 5 nitrogen and oxygen atoms in total. The van der Waals surface area contributed by atoms with Crippen LogP contribution in [0.2, 0.25) is 15.1 Å². The Bertz CT molecular complexity index is 1250. The van der Waals surface area contributed by atoms with Crippen LogP contribution in [0.3, 0.4) is 0 Å². The van der Waals surface area contributed by atoms with Gasteiger partial charge < -0.3 is 10.1 Å². The summed E-state index contributed by atoms with van der Waals surface area (Å²) in [6.45, 7) is 0. The number of methoxy groups -OCH3 is 1. The molecule has 162 valence electrons. The molecule has 0 unspecified atom stereocenters. The van der Waals surface area contributed by atoms with Crippen LogP contribution >= 0.6 is 46.6 Å². The number of halogens is 3. The summed E-state index contributed by atoms with van der Waals surface area (Å²) in [5.74, 6) is -0.564. The second kappa shape index (κ2) is 9.46. The molecule has 0 atom stereocenters. The maximum atomic E-state index is 13.4. The van der Waals surface area contributed by atoms with Crippen molar-refractivity contribution in [1.82, 2.24) is 0 Å². The van der Waals surface area contributed by atoms with Crippen LogP contribution in [0, 0.1) is 0 Å². The highest BCUT2D eigenvalue weighted by molar-refractivity contribution is 8.04. The Balaban J connectivity index is 1.77. The molecule has 3 aromatic carbocycles. The zero-order chi connectivity index (χ0) is 22.8. The largest absolute Gasteiger partial charge is 0.495 e. The van der Waals surface area contributed by atoms with Gasteiger partial charge in [-0.2, -0.15) is 0 Å². The second-order valence-corrected chi connectivity index (χ2v) is 8.89. The molecule has 0 radical (unpaired) electrons. The van der Waals surface area contributed by atoms with Crippen LogP contribution < -0.4 is 15.0 Å². The van der Waals surface area contributed by atoms with Gasteiger partial charge in [-0.1, -0.05) is 70.8 Å². The minimum atomic E-state index is -0.551. The average Bonchev–Trinajstić information content (AvgIpc) is 3.01. The van der Waals surface area contributed by atoms with Crippen LogP contribution in [0.15, 0.2) is 82.2 Å². The quantitative estimate of drug-likeness (QED) is 0.380. The number of amides is 2. The van der Waals surface area contributed by atoms with Crippen molar-refractivity contribution >= 4 is 69.8 Å². The number of carbonyl (C=O) groups is 2. The van der Waals surface area contributed by atoms with Gasteiger partial charge in [0.1, 0.15) is 16.4 Å². The van der Waals surface area contributed by atoms with E-state index in [4.69, 9.17) is 39.5 Å². The van der Waals surface area contributed by atoms with E-state index >= 15 is 0 Å². The Morgan fingerprint density at radius 2 is 1.62 bits per heavy atom. The van der Waals surface area contributed by atoms with Crippen molar-refractivity contribution in [1.29, 1.82) is 0 Å². The van der Waals surface area contributed by atoms with E-state index in [9.17, 15) is 9.59 Å². The Labute approximate surface area is 203 Å². The van der Waals surface area contributed by atoms with Crippen LogP contribution in [-0.2, 0) is 9.59 Å². The lowest BCUT2D eigenvalue weighted by Crippen LogP contribution is -2.32. The van der Waals surface area contributed by atoms with Gasteiger partial charge in [-0.05, 0) is 42.5 Å². The summed E-state index contributed by atoms with van der Waals surface area (Å²) in [6, 6.07) is 19.1. The maximum Gasteiger partial charge on any atom is 0.283 e. The van der Waals surface area contributed by atoms with Crippen LogP contribution in [-0.4, -0.2) is 18.9 Å². The van der Waals surface area contributed by atoms with Crippen molar-refractivity contribution in [3.8, 4) is 5.75 Å². The lowest BCUT2D eigenvalue weighted by Gasteiger charge is -2.17. The standard InChI is InChI=1S/C23H15Cl3N2O3S/c1-31-18-11-10-13(12-16(18)25)27-20-21(32-14-6-3-2-4-7-14)23(30)28(22(20)29)17-9-5-8-15(24)19(17)26/h2-12,27H,1H3. The fourth-order valence-electron chi connectivity index (χ4n) is 3.09. The van der Waals surface area contributed by atoms with E-state index < -0.39 is 11.8 Å². The number of hydrogen-bond donors (Lipinski definition) is 1. The van der Waals surface area contributed by atoms with Gasteiger partial charge in [-0.25, -0.2) is 4.90 Å². The molecule has 0 fully saturated rings. The number of nitrogens with zero attached hydrogens (tertiary/aromatic N) is 1. The highest BCUT2D eigenvalue weighted by Crippen LogP contribution is 2.41. The lowest BCUT2D eigenvalue weighted by atomic mass is 10.2. The SMILES string of the molecule is COc1ccc(NC2=C(Sc3ccccc3)C(=O)N(c3cccc(Cl)c3Cl)C2=O)cc1Cl. The number of thioether (sulfide) groups is 1. The first kappa shape index (κ1) is 22.6. The molecule has 0 aliphatic carbocycles. The Morgan fingerprint density at radius 3 is 2.31 bits per heavy atom. The van der Waals surface area contributed by atoms with Gasteiger partial charge in [0, 0.05) is 10.6 Å². The molecule has 2 amide bonds. The highest BCUT2D eigenvalue weighted by Gasteiger charge is 2.41. The number of nitrogens with one attached hydrogen (secondary N) is 1. The van der Waals surface area contributed by atoms with E-state index in [0.717, 1.165) is 9.80 Å². The van der Waals surface area contributed by atoms with Crippen molar-refractivity contribution in [2.45, 2.75) is 4.90 Å². The normalized spacial score (nSPS) is 13.7. The minimum absolute atomic E-state index is 0.112. The van der Waals surface area contributed by atoms with E-state index in [1.54, 1.807) is 36.4 Å². The predicted octanol–water partition coefficient (Wildman–Crippen LogP) is 6.64. The first-order valence-corrected chi connectivity index (χ1v) is 11.3. The third kappa shape index (κ3) is 4.32. The summed E-state index contributed by atoms with van der Waals surface area (Å²) in [6.07, 6.45) is 0. The average molecular weight is 506 g/mol. The van der Waals surface area contributed by atoms with E-state index in [1.807, 2.05) is 30.3 Å². The fraction of sp³-hybridized carbons (Fsp3) is 0.0435. The van der Waals surface area contributed by atoms with E-state index in [-0.39, 0.29) is 26.3 Å². The van der Waals surface area contributed by atoms with Gasteiger partial charge in [-0.15, -0.1) is 0 Å². The van der Waals surface area contributed by atoms with Gasteiger partial charge in [-0.3, -0.25) is 9.59 Å². The maximum absolute atomic E-state index is 13.4. The van der Waals surface area contributed by atoms with E-state index in [1.165, 1.54) is 18.9 Å². The molecule has 3 aromatic rings. The number of carbonyl (C=O) groups excluding carboxylic acids is 2. The van der Waals surface area contributed by atoms with Crippen molar-refractivity contribution in [3.63, 3.8) is 0 Å². The predicted molar refractivity (Wildman–Crippen MR) is 130 cm³/mol. The molecule has 4 rings (SSSR count). The molecule has 0 saturated heterocycles. The molecular formula is C23H15Cl3N2O3S. The van der Waals surface area contributed by atoms with Crippen molar-refractivity contribution in [2.75, 3.05) is 17.3 Å². The van der Waals surface area contributed by atoms with E-state index in [0.29, 0.717) is 16.5 Å². The van der Waals surface area contributed by atoms with Crippen LogP contribution in [0.1, 0.15) is 0 Å². The molecule has 0 spiro atoms. The smallest absolute Gasteiger partial charge is 0.283 e. The van der Waals surface area contributed by atoms with Gasteiger partial charge in [0.2, 0.25) is 0 Å². The number of rotatable bonds is 6. The molecule has 1 aliphatic rings. The molecule has 0 aromatic heterocycles. The second-order valence-electron chi connectivity index (χ2n) is 6.61. The number of hydrogen-bond acceptors (Lipinski definition) is 5. The number of anilines is 2. The fourth-order valence-corrected chi connectivity index (χ4v) is 4.68. The molecule has 1 heterocycles. The van der Waals surface area contributed by atoms with Crippen LogP contribution in [0.5, 0.6) is 5.75 Å². The zero-order valence-electron chi connectivity index (χ0n) is 16.6. The topological polar surface area (TPSA) is 58.6 Å². The molecular weight excluding hydrogens is 491 g/mol. The molecule has 1 aliphatic heterocycles. The molecule has 1 N–H and O–H groups in total. The third-order valence-electron chi connectivity index (χ3n) is 4.60. The monoisotopic (exact) mass is 504 g/mol. The highest BCUT2D eigenvalue weighted by atomic mass is 35.5. The first-order valence-electron chi connectivity index (χ1n) is 9.31. The van der Waals surface area contributed by atoms with E-state index in [2.05, 4.69) is 5.32 Å². The van der Waals surface area contributed by atoms with Gasteiger partial charge >= 0.3 is 0 Å². The third-order valence-corrected chi connectivity index (χ3v) is 6.79. The first-order chi connectivity index (χ1) is 15.4. The summed E-state index contributed by atoms with van der Waals surface area (Å²) in [7, 11) is 1.51.